The number of hydrogen-bond donors (Lipinski definition) is 0. The minimum atomic E-state index is -0.682. The quantitative estimate of drug-likeness (QED) is 0.0690. The molecule has 1 aromatic heterocycles. The third kappa shape index (κ3) is 7.66. The molecule has 0 aliphatic heterocycles. The fourth-order valence-corrected chi connectivity index (χ4v) is 5.43. The van der Waals surface area contributed by atoms with Crippen molar-refractivity contribution in [2.24, 2.45) is 5.92 Å². The molecule has 1 heterocycles. The lowest BCUT2D eigenvalue weighted by molar-refractivity contribution is -0.138. The third-order valence-electron chi connectivity index (χ3n) is 7.68. The second-order valence-electron chi connectivity index (χ2n) is 11.5. The number of carbonyl (C=O) groups excluding carboxylic acids is 3. The number of carbonyl (C=O) groups is 3. The van der Waals surface area contributed by atoms with E-state index in [9.17, 15) is 23.2 Å². The maximum absolute atomic E-state index is 13.5. The van der Waals surface area contributed by atoms with Crippen molar-refractivity contribution >= 4 is 24.1 Å². The lowest BCUT2D eigenvalue weighted by Gasteiger charge is -2.20. The van der Waals surface area contributed by atoms with Crippen LogP contribution in [0.1, 0.15) is 72.8 Å². The number of hydrogen-bond acceptors (Lipinski definition) is 5. The Labute approximate surface area is 263 Å². The zero-order valence-corrected chi connectivity index (χ0v) is 26.2. The molecule has 4 aromatic rings. The molecular formula is C38H37F2NO4. The molecule has 1 aliphatic rings. The molecule has 0 fully saturated rings. The number of ketones is 1. The van der Waals surface area contributed by atoms with E-state index in [-0.39, 0.29) is 34.8 Å². The second-order valence-corrected chi connectivity index (χ2v) is 11.5. The highest BCUT2D eigenvalue weighted by Gasteiger charge is 2.25. The molecule has 0 unspecified atom stereocenters. The first-order valence-electron chi connectivity index (χ1n) is 15.0. The van der Waals surface area contributed by atoms with Crippen molar-refractivity contribution in [2.75, 3.05) is 7.11 Å². The highest BCUT2D eigenvalue weighted by Crippen LogP contribution is 2.40. The number of Topliss-reactive ketones (excluding diaryl/α,β-unsaturated/α-hetero) is 1. The molecule has 3 aromatic carbocycles. The van der Waals surface area contributed by atoms with E-state index in [2.05, 4.69) is 36.8 Å². The summed E-state index contributed by atoms with van der Waals surface area (Å²) in [5, 5.41) is 0. The fraction of sp³-hybridized carbons (Fsp3) is 0.263. The van der Waals surface area contributed by atoms with Crippen molar-refractivity contribution in [2.45, 2.75) is 52.9 Å². The van der Waals surface area contributed by atoms with E-state index in [1.807, 2.05) is 6.07 Å². The van der Waals surface area contributed by atoms with Gasteiger partial charge in [-0.2, -0.15) is 0 Å². The SMILES string of the molecule is CC(C)c1nc2c(c(-c3ccc(F)cc3)c1C=O)CCCc1ccccc1-2.COC(=O)C(=Cc1ccc(F)cc1)C(=O)C(C)C. The van der Waals surface area contributed by atoms with Crippen LogP contribution in [0, 0.1) is 17.6 Å². The standard InChI is InChI=1S/C24H22FNO.C14H15FO3/c1-15(2)23-21(14-27)22(17-10-12-18(25)13-11-17)20-9-5-7-16-6-3-4-8-19(16)24(20)26-23;1-9(2)13(16)12(14(17)18-3)8-10-4-6-11(15)7-5-10/h3-4,6,8,10-15H,5,7,9H2,1-2H3;4-9H,1-3H3. The summed E-state index contributed by atoms with van der Waals surface area (Å²) in [6.45, 7) is 7.51. The molecule has 0 amide bonds. The monoisotopic (exact) mass is 609 g/mol. The number of esters is 1. The Kier molecular flexibility index (Phi) is 10.9. The lowest BCUT2D eigenvalue weighted by atomic mass is 9.87. The van der Waals surface area contributed by atoms with Crippen molar-refractivity contribution in [3.63, 3.8) is 0 Å². The predicted molar refractivity (Wildman–Crippen MR) is 173 cm³/mol. The fourth-order valence-electron chi connectivity index (χ4n) is 5.43. The van der Waals surface area contributed by atoms with Crippen LogP contribution in [-0.2, 0) is 27.2 Å². The number of rotatable bonds is 7. The first kappa shape index (κ1) is 33.1. The number of aryl methyl sites for hydroxylation is 1. The van der Waals surface area contributed by atoms with Gasteiger partial charge in [-0.3, -0.25) is 14.6 Å². The van der Waals surface area contributed by atoms with Crippen LogP contribution in [0.5, 0.6) is 0 Å². The number of benzene rings is 3. The molecule has 0 radical (unpaired) electrons. The average Bonchev–Trinajstić information content (AvgIpc) is 3.23. The van der Waals surface area contributed by atoms with Crippen LogP contribution in [0.2, 0.25) is 0 Å². The summed E-state index contributed by atoms with van der Waals surface area (Å²) in [6.07, 6.45) is 5.16. The third-order valence-corrected chi connectivity index (χ3v) is 7.68. The Morgan fingerprint density at radius 2 is 1.49 bits per heavy atom. The summed E-state index contributed by atoms with van der Waals surface area (Å²) in [5.41, 5.74) is 8.28. The molecule has 232 valence electrons. The van der Waals surface area contributed by atoms with Gasteiger partial charge in [0.25, 0.3) is 0 Å². The molecule has 0 bridgehead atoms. The van der Waals surface area contributed by atoms with Gasteiger partial charge >= 0.3 is 5.97 Å². The molecule has 7 heteroatoms. The minimum absolute atomic E-state index is 0.0286. The van der Waals surface area contributed by atoms with E-state index in [1.54, 1.807) is 26.0 Å². The number of methoxy groups -OCH3 is 1. The number of aldehydes is 1. The molecule has 1 aliphatic carbocycles. The maximum Gasteiger partial charge on any atom is 0.341 e. The van der Waals surface area contributed by atoms with Crippen LogP contribution in [0.4, 0.5) is 8.78 Å². The lowest BCUT2D eigenvalue weighted by Crippen LogP contribution is -2.18. The van der Waals surface area contributed by atoms with E-state index in [1.165, 1.54) is 55.1 Å². The second kappa shape index (κ2) is 14.8. The Hall–Kier alpha value is -4.78. The summed E-state index contributed by atoms with van der Waals surface area (Å²) in [6, 6.07) is 20.3. The normalized spacial score (nSPS) is 12.4. The zero-order valence-electron chi connectivity index (χ0n) is 26.2. The van der Waals surface area contributed by atoms with E-state index in [0.717, 1.165) is 59.2 Å². The molecular weight excluding hydrogens is 572 g/mol. The Balaban J connectivity index is 0.000000224. The number of aromatic nitrogens is 1. The zero-order chi connectivity index (χ0) is 32.7. The van der Waals surface area contributed by atoms with Gasteiger partial charge in [0.2, 0.25) is 0 Å². The van der Waals surface area contributed by atoms with E-state index < -0.39 is 5.97 Å². The van der Waals surface area contributed by atoms with Gasteiger partial charge in [-0.15, -0.1) is 0 Å². The van der Waals surface area contributed by atoms with Gasteiger partial charge in [0.1, 0.15) is 17.2 Å². The Morgan fingerprint density at radius 3 is 2.07 bits per heavy atom. The van der Waals surface area contributed by atoms with Crippen LogP contribution in [0.25, 0.3) is 28.5 Å². The van der Waals surface area contributed by atoms with E-state index in [0.29, 0.717) is 11.1 Å². The Bertz CT molecular complexity index is 1720. The number of ether oxygens (including phenoxy) is 1. The summed E-state index contributed by atoms with van der Waals surface area (Å²) in [7, 11) is 1.22. The molecule has 0 spiro atoms. The maximum atomic E-state index is 13.5. The van der Waals surface area contributed by atoms with E-state index in [4.69, 9.17) is 4.98 Å². The largest absolute Gasteiger partial charge is 0.465 e. The van der Waals surface area contributed by atoms with Gasteiger partial charge in [-0.25, -0.2) is 13.6 Å². The number of pyridine rings is 1. The van der Waals surface area contributed by atoms with E-state index >= 15 is 0 Å². The van der Waals surface area contributed by atoms with Crippen molar-refractivity contribution in [1.29, 1.82) is 0 Å². The molecule has 45 heavy (non-hydrogen) atoms. The van der Waals surface area contributed by atoms with Gasteiger partial charge in [0, 0.05) is 17.0 Å². The summed E-state index contributed by atoms with van der Waals surface area (Å²) < 4.78 is 30.8. The van der Waals surface area contributed by atoms with Crippen molar-refractivity contribution in [3.8, 4) is 22.4 Å². The van der Waals surface area contributed by atoms with Crippen LogP contribution in [0.15, 0.2) is 78.4 Å². The molecule has 0 saturated heterocycles. The average molecular weight is 610 g/mol. The summed E-state index contributed by atoms with van der Waals surface area (Å²) in [4.78, 5) is 40.5. The Morgan fingerprint density at radius 1 is 0.867 bits per heavy atom. The minimum Gasteiger partial charge on any atom is -0.465 e. The smallest absolute Gasteiger partial charge is 0.341 e. The summed E-state index contributed by atoms with van der Waals surface area (Å²) >= 11 is 0. The highest BCUT2D eigenvalue weighted by atomic mass is 19.1. The van der Waals surface area contributed by atoms with Crippen LogP contribution in [0.3, 0.4) is 0 Å². The predicted octanol–water partition coefficient (Wildman–Crippen LogP) is 8.59. The van der Waals surface area contributed by atoms with Gasteiger partial charge in [0.15, 0.2) is 12.1 Å². The molecule has 0 saturated carbocycles. The molecule has 5 nitrogen and oxygen atoms in total. The van der Waals surface area contributed by atoms with Crippen molar-refractivity contribution < 1.29 is 27.9 Å². The molecule has 0 atom stereocenters. The first-order chi connectivity index (χ1) is 21.5. The van der Waals surface area contributed by atoms with Gasteiger partial charge in [0.05, 0.1) is 18.5 Å². The highest BCUT2D eigenvalue weighted by molar-refractivity contribution is 6.21. The number of nitrogens with zero attached hydrogens (tertiary/aromatic N) is 1. The molecule has 5 rings (SSSR count). The van der Waals surface area contributed by atoms with Crippen LogP contribution >= 0.6 is 0 Å². The van der Waals surface area contributed by atoms with Gasteiger partial charge in [-0.05, 0) is 83.3 Å². The van der Waals surface area contributed by atoms with Gasteiger partial charge < -0.3 is 4.74 Å². The van der Waals surface area contributed by atoms with Crippen LogP contribution in [-0.4, -0.2) is 30.1 Å². The first-order valence-corrected chi connectivity index (χ1v) is 15.0. The number of halogens is 2. The van der Waals surface area contributed by atoms with Gasteiger partial charge in [-0.1, -0.05) is 76.2 Å². The van der Waals surface area contributed by atoms with Crippen LogP contribution < -0.4 is 0 Å². The molecule has 0 N–H and O–H groups in total. The topological polar surface area (TPSA) is 73.3 Å². The van der Waals surface area contributed by atoms with Crippen molar-refractivity contribution in [3.05, 3.63) is 118 Å². The number of fused-ring (bicyclic) bond motifs is 3. The van der Waals surface area contributed by atoms with Crippen molar-refractivity contribution in [1.82, 2.24) is 4.98 Å². The summed E-state index contributed by atoms with van der Waals surface area (Å²) in [5.74, 6) is -1.83.